The first-order chi connectivity index (χ1) is 17.7. The second-order valence-electron chi connectivity index (χ2n) is 9.95. The molecule has 1 N–H and O–H groups in total. The highest BCUT2D eigenvalue weighted by atomic mass is 16.3. The number of fused-ring (bicyclic) bond motifs is 3. The van der Waals surface area contributed by atoms with Gasteiger partial charge in [0.2, 0.25) is 0 Å². The van der Waals surface area contributed by atoms with Crippen molar-refractivity contribution < 1.29 is 5.11 Å². The molecule has 36 heavy (non-hydrogen) atoms. The zero-order valence-electron chi connectivity index (χ0n) is 20.6. The molecule has 0 aromatic heterocycles. The van der Waals surface area contributed by atoms with Crippen LogP contribution in [0.25, 0.3) is 0 Å². The number of aryl methyl sites for hydroxylation is 2. The quantitative estimate of drug-likeness (QED) is 0.368. The molecule has 0 saturated heterocycles. The molecule has 0 aliphatic carbocycles. The van der Waals surface area contributed by atoms with Gasteiger partial charge in [-0.1, -0.05) is 109 Å². The van der Waals surface area contributed by atoms with E-state index in [2.05, 4.69) is 108 Å². The Kier molecular flexibility index (Phi) is 6.16. The van der Waals surface area contributed by atoms with Crippen LogP contribution in [-0.4, -0.2) is 28.9 Å². The van der Waals surface area contributed by atoms with E-state index in [1.54, 1.807) is 0 Å². The predicted molar refractivity (Wildman–Crippen MR) is 146 cm³/mol. The van der Waals surface area contributed by atoms with E-state index >= 15 is 0 Å². The first-order valence-corrected chi connectivity index (χ1v) is 13.0. The van der Waals surface area contributed by atoms with Crippen LogP contribution in [0.4, 0.5) is 0 Å². The van der Waals surface area contributed by atoms with Gasteiger partial charge >= 0.3 is 0 Å². The van der Waals surface area contributed by atoms with Gasteiger partial charge in [0.15, 0.2) is 5.72 Å². The Morgan fingerprint density at radius 2 is 1.33 bits per heavy atom. The van der Waals surface area contributed by atoms with Crippen LogP contribution in [0.5, 0.6) is 0 Å². The Bertz CT molecular complexity index is 1350. The van der Waals surface area contributed by atoms with E-state index in [9.17, 15) is 5.11 Å². The number of hydrogen-bond acceptors (Lipinski definition) is 3. The lowest BCUT2D eigenvalue weighted by molar-refractivity contribution is -0.106. The number of nitrogens with zero attached hydrogens (tertiary/aromatic N) is 2. The van der Waals surface area contributed by atoms with Crippen molar-refractivity contribution >= 4 is 5.84 Å². The molecule has 0 fully saturated rings. The van der Waals surface area contributed by atoms with Crippen molar-refractivity contribution in [2.24, 2.45) is 4.99 Å². The Morgan fingerprint density at radius 1 is 0.722 bits per heavy atom. The van der Waals surface area contributed by atoms with Crippen molar-refractivity contribution in [3.05, 3.63) is 143 Å². The zero-order chi connectivity index (χ0) is 24.4. The lowest BCUT2D eigenvalue weighted by Gasteiger charge is -2.52. The first kappa shape index (κ1) is 22.8. The molecule has 2 atom stereocenters. The third kappa shape index (κ3) is 4.14. The molecule has 0 spiro atoms. The van der Waals surface area contributed by atoms with E-state index in [4.69, 9.17) is 4.99 Å². The summed E-state index contributed by atoms with van der Waals surface area (Å²) in [5.74, 6) is 0.820. The second kappa shape index (κ2) is 9.75. The van der Waals surface area contributed by atoms with Crippen molar-refractivity contribution in [2.45, 2.75) is 37.3 Å². The number of amidine groups is 1. The highest BCUT2D eigenvalue weighted by Gasteiger charge is 2.51. The van der Waals surface area contributed by atoms with Crippen LogP contribution in [-0.2, 0) is 25.0 Å². The van der Waals surface area contributed by atoms with E-state index in [0.29, 0.717) is 0 Å². The molecular formula is C33H32N2O. The highest BCUT2D eigenvalue weighted by molar-refractivity contribution is 6.02. The molecule has 0 saturated carbocycles. The van der Waals surface area contributed by atoms with Gasteiger partial charge in [-0.3, -0.25) is 4.99 Å². The van der Waals surface area contributed by atoms with Crippen LogP contribution in [0.1, 0.15) is 45.7 Å². The summed E-state index contributed by atoms with van der Waals surface area (Å²) in [4.78, 5) is 7.09. The van der Waals surface area contributed by atoms with Gasteiger partial charge in [-0.25, -0.2) is 0 Å². The molecule has 2 aliphatic heterocycles. The van der Waals surface area contributed by atoms with Crippen LogP contribution in [0.3, 0.4) is 0 Å². The second-order valence-corrected chi connectivity index (χ2v) is 9.95. The average molecular weight is 473 g/mol. The fraction of sp³-hybridized carbons (Fsp3) is 0.242. The molecule has 4 aromatic rings. The van der Waals surface area contributed by atoms with Crippen LogP contribution in [0, 0.1) is 0 Å². The van der Waals surface area contributed by atoms with Crippen molar-refractivity contribution in [2.75, 3.05) is 13.1 Å². The molecule has 4 aromatic carbocycles. The number of rotatable bonds is 6. The largest absolute Gasteiger partial charge is 0.366 e. The molecule has 6 rings (SSSR count). The van der Waals surface area contributed by atoms with Gasteiger partial charge in [-0.05, 0) is 47.9 Å². The monoisotopic (exact) mass is 472 g/mol. The van der Waals surface area contributed by atoms with Crippen molar-refractivity contribution in [3.63, 3.8) is 0 Å². The van der Waals surface area contributed by atoms with Crippen LogP contribution >= 0.6 is 0 Å². The van der Waals surface area contributed by atoms with Crippen LogP contribution in [0.2, 0.25) is 0 Å². The molecule has 3 heteroatoms. The van der Waals surface area contributed by atoms with Crippen LogP contribution in [0.15, 0.2) is 114 Å². The summed E-state index contributed by atoms with van der Waals surface area (Å²) in [5.41, 5.74) is 5.97. The topological polar surface area (TPSA) is 35.8 Å². The lowest BCUT2D eigenvalue weighted by Crippen LogP contribution is -2.58. The molecule has 0 radical (unpaired) electrons. The summed E-state index contributed by atoms with van der Waals surface area (Å²) in [6.45, 7) is 1.60. The van der Waals surface area contributed by atoms with E-state index in [1.807, 2.05) is 6.07 Å². The third-order valence-electron chi connectivity index (χ3n) is 7.74. The van der Waals surface area contributed by atoms with Gasteiger partial charge in [0.25, 0.3) is 0 Å². The van der Waals surface area contributed by atoms with Gasteiger partial charge in [0.1, 0.15) is 5.84 Å². The molecule has 0 amide bonds. The average Bonchev–Trinajstić information content (AvgIpc) is 2.95. The van der Waals surface area contributed by atoms with Crippen molar-refractivity contribution in [1.82, 2.24) is 4.90 Å². The van der Waals surface area contributed by atoms with Gasteiger partial charge in [-0.2, -0.15) is 0 Å². The van der Waals surface area contributed by atoms with E-state index < -0.39 is 5.72 Å². The zero-order valence-corrected chi connectivity index (χ0v) is 20.6. The Hall–Kier alpha value is -3.69. The van der Waals surface area contributed by atoms with E-state index in [0.717, 1.165) is 55.7 Å². The minimum absolute atomic E-state index is 0.108. The predicted octanol–water partition coefficient (Wildman–Crippen LogP) is 6.11. The van der Waals surface area contributed by atoms with E-state index in [-0.39, 0.29) is 5.92 Å². The minimum Gasteiger partial charge on any atom is -0.366 e. The molecule has 2 heterocycles. The summed E-state index contributed by atoms with van der Waals surface area (Å²) >= 11 is 0. The first-order valence-electron chi connectivity index (χ1n) is 13.0. The summed E-state index contributed by atoms with van der Waals surface area (Å²) in [7, 11) is 0. The fourth-order valence-electron chi connectivity index (χ4n) is 5.89. The molecule has 180 valence electrons. The normalized spacial score (nSPS) is 20.9. The summed E-state index contributed by atoms with van der Waals surface area (Å²) in [5, 5.41) is 12.7. The van der Waals surface area contributed by atoms with Gasteiger partial charge < -0.3 is 10.0 Å². The molecule has 0 bridgehead atoms. The Morgan fingerprint density at radius 3 is 2.06 bits per heavy atom. The summed E-state index contributed by atoms with van der Waals surface area (Å²) < 4.78 is 0. The molecule has 2 aliphatic rings. The minimum atomic E-state index is -1.17. The van der Waals surface area contributed by atoms with Crippen molar-refractivity contribution in [3.8, 4) is 0 Å². The maximum atomic E-state index is 12.7. The maximum Gasteiger partial charge on any atom is 0.172 e. The van der Waals surface area contributed by atoms with E-state index in [1.165, 1.54) is 22.3 Å². The van der Waals surface area contributed by atoms with Crippen LogP contribution < -0.4 is 0 Å². The maximum absolute atomic E-state index is 12.7. The summed E-state index contributed by atoms with van der Waals surface area (Å²) in [6, 6.07) is 38.3. The Balaban J connectivity index is 1.39. The molecule has 3 nitrogen and oxygen atoms in total. The summed E-state index contributed by atoms with van der Waals surface area (Å²) in [6.07, 6.45) is 3.70. The number of benzene rings is 4. The lowest BCUT2D eigenvalue weighted by atomic mass is 9.73. The highest BCUT2D eigenvalue weighted by Crippen LogP contribution is 2.48. The Labute approximate surface area is 213 Å². The van der Waals surface area contributed by atoms with Crippen molar-refractivity contribution in [1.29, 1.82) is 0 Å². The van der Waals surface area contributed by atoms with Gasteiger partial charge in [0, 0.05) is 30.1 Å². The SMILES string of the molecule is OC1(c2ccc(CCc3ccccc3)cc2)C(Cc2ccccc2)c2ccccc2C2=NCCCN21. The molecule has 2 unspecified atom stereocenters. The molecular weight excluding hydrogens is 440 g/mol. The standard InChI is InChI=1S/C33H32N2O/c36-33(28-20-18-26(19-21-28)17-16-25-10-3-1-4-11-25)31(24-27-12-5-2-6-13-27)29-14-7-8-15-30(29)32-34-22-9-23-35(32)33/h1-8,10-15,18-21,31,36H,9,16-17,22-24H2. The smallest absolute Gasteiger partial charge is 0.172 e. The third-order valence-corrected chi connectivity index (χ3v) is 7.74. The number of aliphatic imine (C=N–C) groups is 1. The van der Waals surface area contributed by atoms with Gasteiger partial charge in [0.05, 0.1) is 0 Å². The fourth-order valence-corrected chi connectivity index (χ4v) is 5.89. The van der Waals surface area contributed by atoms with Gasteiger partial charge in [-0.15, -0.1) is 0 Å². The number of aliphatic hydroxyl groups is 1. The number of hydrogen-bond donors (Lipinski definition) is 1.